The van der Waals surface area contributed by atoms with Gasteiger partial charge in [-0.3, -0.25) is 4.68 Å². The Labute approximate surface area is 179 Å². The monoisotopic (exact) mass is 452 g/mol. The van der Waals surface area contributed by atoms with Crippen LogP contribution >= 0.6 is 0 Å². The number of benzene rings is 2. The number of sulfonamides is 1. The van der Waals surface area contributed by atoms with Crippen molar-refractivity contribution in [2.75, 3.05) is 20.6 Å². The van der Waals surface area contributed by atoms with E-state index in [9.17, 15) is 21.6 Å². The van der Waals surface area contributed by atoms with E-state index < -0.39 is 21.9 Å². The number of halogens is 3. The van der Waals surface area contributed by atoms with Gasteiger partial charge in [0.25, 0.3) is 0 Å². The average molecular weight is 453 g/mol. The third-order valence-electron chi connectivity index (χ3n) is 4.77. The van der Waals surface area contributed by atoms with Crippen LogP contribution in [0, 0.1) is 6.92 Å². The fraction of sp³-hybridized carbons (Fsp3) is 0.286. The number of primary sulfonamides is 1. The molecule has 0 bridgehead atoms. The largest absolute Gasteiger partial charge is 0.433 e. The maximum Gasteiger partial charge on any atom is 0.433 e. The van der Waals surface area contributed by atoms with Crippen LogP contribution in [0.4, 0.5) is 13.2 Å². The van der Waals surface area contributed by atoms with Crippen molar-refractivity contribution in [2.24, 2.45) is 5.14 Å². The predicted molar refractivity (Wildman–Crippen MR) is 113 cm³/mol. The molecule has 0 atom stereocenters. The Morgan fingerprint density at radius 2 is 1.68 bits per heavy atom. The zero-order chi connectivity index (χ0) is 23.0. The number of rotatable bonds is 6. The maximum absolute atomic E-state index is 14.2. The van der Waals surface area contributed by atoms with Crippen LogP contribution in [-0.4, -0.2) is 43.7 Å². The van der Waals surface area contributed by atoms with Crippen LogP contribution in [0.5, 0.6) is 0 Å². The van der Waals surface area contributed by atoms with Gasteiger partial charge < -0.3 is 4.90 Å². The Morgan fingerprint density at radius 1 is 1.06 bits per heavy atom. The molecule has 1 heterocycles. The zero-order valence-electron chi connectivity index (χ0n) is 17.3. The molecule has 0 aliphatic carbocycles. The first-order valence-corrected chi connectivity index (χ1v) is 11.0. The first kappa shape index (κ1) is 23.0. The van der Waals surface area contributed by atoms with E-state index in [1.165, 1.54) is 24.3 Å². The van der Waals surface area contributed by atoms with Gasteiger partial charge in [0.05, 0.1) is 11.4 Å². The van der Waals surface area contributed by atoms with Crippen LogP contribution in [0.15, 0.2) is 53.4 Å². The predicted octanol–water partition coefficient (Wildman–Crippen LogP) is 3.75. The molecule has 0 fully saturated rings. The van der Waals surface area contributed by atoms with Crippen LogP contribution in [0.2, 0.25) is 0 Å². The highest BCUT2D eigenvalue weighted by atomic mass is 32.2. The van der Waals surface area contributed by atoms with Gasteiger partial charge in [0.15, 0.2) is 5.69 Å². The Balaban J connectivity index is 2.40. The molecule has 0 amide bonds. The molecule has 2 N–H and O–H groups in total. The summed E-state index contributed by atoms with van der Waals surface area (Å²) in [5, 5.41) is 9.58. The number of nitrogens with two attached hydrogens (primary N) is 1. The number of hydrogen-bond donors (Lipinski definition) is 1. The van der Waals surface area contributed by atoms with Crippen molar-refractivity contribution in [3.8, 4) is 22.4 Å². The lowest BCUT2D eigenvalue weighted by Gasteiger charge is -2.15. The lowest BCUT2D eigenvalue weighted by Crippen LogP contribution is -2.23. The first-order valence-electron chi connectivity index (χ1n) is 9.41. The summed E-state index contributed by atoms with van der Waals surface area (Å²) in [5.41, 5.74) is -0.00827. The van der Waals surface area contributed by atoms with Gasteiger partial charge in [0.1, 0.15) is 5.69 Å². The zero-order valence-corrected chi connectivity index (χ0v) is 18.1. The maximum atomic E-state index is 14.2. The Hall–Kier alpha value is -2.69. The van der Waals surface area contributed by atoms with Gasteiger partial charge in [-0.25, -0.2) is 13.6 Å². The molecule has 0 saturated heterocycles. The van der Waals surface area contributed by atoms with Gasteiger partial charge in [-0.15, -0.1) is 0 Å². The molecule has 1 aromatic heterocycles. The second-order valence-electron chi connectivity index (χ2n) is 7.50. The second-order valence-corrected chi connectivity index (χ2v) is 9.03. The van der Waals surface area contributed by atoms with E-state index in [2.05, 4.69) is 5.10 Å². The molecule has 0 aliphatic heterocycles. The smallest absolute Gasteiger partial charge is 0.308 e. The number of aromatic nitrogens is 2. The summed E-state index contributed by atoms with van der Waals surface area (Å²) in [6, 6.07) is 12.2. The lowest BCUT2D eigenvalue weighted by atomic mass is 9.97. The van der Waals surface area contributed by atoms with Gasteiger partial charge >= 0.3 is 6.18 Å². The van der Waals surface area contributed by atoms with Crippen LogP contribution in [0.3, 0.4) is 0 Å². The minimum absolute atomic E-state index is 0.0229. The van der Waals surface area contributed by atoms with Crippen LogP contribution < -0.4 is 5.14 Å². The topological polar surface area (TPSA) is 81.2 Å². The highest BCUT2D eigenvalue weighted by Gasteiger charge is 2.41. The van der Waals surface area contributed by atoms with E-state index in [0.717, 1.165) is 10.2 Å². The number of nitrogens with zero attached hydrogens (tertiary/aromatic N) is 3. The van der Waals surface area contributed by atoms with Gasteiger partial charge in [-0.05, 0) is 32.6 Å². The molecule has 0 radical (unpaired) electrons. The summed E-state index contributed by atoms with van der Waals surface area (Å²) >= 11 is 0. The summed E-state index contributed by atoms with van der Waals surface area (Å²) < 4.78 is 67.9. The quantitative estimate of drug-likeness (QED) is 0.618. The van der Waals surface area contributed by atoms with Crippen molar-refractivity contribution in [1.29, 1.82) is 0 Å². The highest BCUT2D eigenvalue weighted by Crippen LogP contribution is 2.43. The molecule has 2 aromatic carbocycles. The van der Waals surface area contributed by atoms with E-state index in [0.29, 0.717) is 6.54 Å². The van der Waals surface area contributed by atoms with E-state index in [4.69, 9.17) is 5.14 Å². The van der Waals surface area contributed by atoms with E-state index in [1.807, 2.05) is 6.92 Å². The van der Waals surface area contributed by atoms with Crippen LogP contribution in [0.1, 0.15) is 11.3 Å². The summed E-state index contributed by atoms with van der Waals surface area (Å²) in [4.78, 5) is 1.46. The van der Waals surface area contributed by atoms with Crippen LogP contribution in [-0.2, 0) is 22.7 Å². The number of alkyl halides is 3. The normalized spacial score (nSPS) is 12.5. The van der Waals surface area contributed by atoms with Crippen LogP contribution in [0.25, 0.3) is 22.4 Å². The van der Waals surface area contributed by atoms with Crippen molar-refractivity contribution in [3.05, 3.63) is 59.8 Å². The molecule has 0 aliphatic rings. The minimum Gasteiger partial charge on any atom is -0.308 e. The van der Waals surface area contributed by atoms with E-state index in [-0.39, 0.29) is 33.8 Å². The van der Waals surface area contributed by atoms with Gasteiger partial charge in [0, 0.05) is 17.7 Å². The molecule has 3 rings (SSSR count). The number of hydrogen-bond acceptors (Lipinski definition) is 4. The molecule has 10 heteroatoms. The van der Waals surface area contributed by atoms with Gasteiger partial charge in [0.2, 0.25) is 10.0 Å². The van der Waals surface area contributed by atoms with Crippen molar-refractivity contribution in [2.45, 2.75) is 24.5 Å². The van der Waals surface area contributed by atoms with Crippen molar-refractivity contribution in [1.82, 2.24) is 14.7 Å². The van der Waals surface area contributed by atoms with Gasteiger partial charge in [-0.2, -0.15) is 18.3 Å². The molecule has 166 valence electrons. The SMILES string of the molecule is Cc1ccc(-c2c(-c3ccccc3S(N)(=O)=O)nn(CCN(C)C)c2C(F)(F)F)cc1. The molecule has 31 heavy (non-hydrogen) atoms. The van der Waals surface area contributed by atoms with Crippen molar-refractivity contribution >= 4 is 10.0 Å². The van der Waals surface area contributed by atoms with Crippen molar-refractivity contribution in [3.63, 3.8) is 0 Å². The first-order chi connectivity index (χ1) is 14.4. The molecule has 6 nitrogen and oxygen atoms in total. The molecule has 0 unspecified atom stereocenters. The standard InChI is InChI=1S/C21H23F3N4O2S/c1-14-8-10-15(11-9-14)18-19(16-6-4-5-7-17(16)31(25,29)30)26-28(13-12-27(2)3)20(18)21(22,23)24/h4-11H,12-13H2,1-3H3,(H2,25,29,30). The molecular weight excluding hydrogens is 429 g/mol. The minimum atomic E-state index is -4.71. The summed E-state index contributed by atoms with van der Waals surface area (Å²) in [7, 11) is -0.701. The Morgan fingerprint density at radius 3 is 2.23 bits per heavy atom. The van der Waals surface area contributed by atoms with Gasteiger partial charge in [-0.1, -0.05) is 48.0 Å². The molecule has 0 saturated carbocycles. The average Bonchev–Trinajstić information content (AvgIpc) is 3.06. The van der Waals surface area contributed by atoms with E-state index in [1.54, 1.807) is 43.3 Å². The fourth-order valence-electron chi connectivity index (χ4n) is 3.30. The Kier molecular flexibility index (Phi) is 6.26. The van der Waals surface area contributed by atoms with Crippen molar-refractivity contribution < 1.29 is 21.6 Å². The Bertz CT molecular complexity index is 1180. The molecule has 3 aromatic rings. The fourth-order valence-corrected chi connectivity index (χ4v) is 4.04. The molecular formula is C21H23F3N4O2S. The third-order valence-corrected chi connectivity index (χ3v) is 5.74. The summed E-state index contributed by atoms with van der Waals surface area (Å²) in [6.45, 7) is 2.11. The number of aryl methyl sites for hydroxylation is 1. The summed E-state index contributed by atoms with van der Waals surface area (Å²) in [6.07, 6.45) is -4.71. The van der Waals surface area contributed by atoms with E-state index >= 15 is 0 Å². The lowest BCUT2D eigenvalue weighted by molar-refractivity contribution is -0.143. The second kappa shape index (κ2) is 8.45. The summed E-state index contributed by atoms with van der Waals surface area (Å²) in [5.74, 6) is 0. The number of likely N-dealkylation sites (N-methyl/N-ethyl adjacent to an activating group) is 1. The third kappa shape index (κ3) is 4.97. The molecule has 0 spiro atoms. The highest BCUT2D eigenvalue weighted by molar-refractivity contribution is 7.89.